The molecule has 4 heteroatoms. The Bertz CT molecular complexity index is 312. The summed E-state index contributed by atoms with van der Waals surface area (Å²) in [5, 5.41) is 0. The van der Waals surface area contributed by atoms with E-state index in [4.69, 9.17) is 9.47 Å². The van der Waals surface area contributed by atoms with Crippen LogP contribution >= 0.6 is 0 Å². The van der Waals surface area contributed by atoms with E-state index >= 15 is 0 Å². The van der Waals surface area contributed by atoms with E-state index in [0.717, 1.165) is 6.29 Å². The molecule has 0 unspecified atom stereocenters. The van der Waals surface area contributed by atoms with Gasteiger partial charge in [0.25, 0.3) is 0 Å². The smallest absolute Gasteiger partial charge is 0.213 e. The summed E-state index contributed by atoms with van der Waals surface area (Å²) in [6, 6.07) is 3.36. The summed E-state index contributed by atoms with van der Waals surface area (Å²) in [6.45, 7) is 2.76. The predicted molar refractivity (Wildman–Crippen MR) is 51.7 cm³/mol. The Balaban J connectivity index is 2.62. The van der Waals surface area contributed by atoms with Crippen LogP contribution in [0.5, 0.6) is 5.88 Å². The quantitative estimate of drug-likeness (QED) is 0.523. The molecule has 4 nitrogen and oxygen atoms in total. The average molecular weight is 195 g/mol. The van der Waals surface area contributed by atoms with E-state index in [9.17, 15) is 4.79 Å². The van der Waals surface area contributed by atoms with Crippen LogP contribution in [0.15, 0.2) is 12.1 Å². The maximum absolute atomic E-state index is 10.5. The average Bonchev–Trinajstić information content (AvgIpc) is 2.18. The first-order chi connectivity index (χ1) is 6.77. The van der Waals surface area contributed by atoms with Gasteiger partial charge in [0.1, 0.15) is 6.61 Å². The molecule has 0 fully saturated rings. The molecule has 0 N–H and O–H groups in total. The van der Waals surface area contributed by atoms with Crippen molar-refractivity contribution in [2.75, 3.05) is 20.3 Å². The summed E-state index contributed by atoms with van der Waals surface area (Å²) in [7, 11) is 1.61. The summed E-state index contributed by atoms with van der Waals surface area (Å²) in [5.74, 6) is 0.519. The van der Waals surface area contributed by atoms with Crippen LogP contribution in [0.4, 0.5) is 0 Å². The number of hydrogen-bond acceptors (Lipinski definition) is 4. The Hall–Kier alpha value is -1.42. The number of carbonyl (C=O) groups excluding carboxylic acids is 1. The van der Waals surface area contributed by atoms with E-state index in [-0.39, 0.29) is 0 Å². The highest BCUT2D eigenvalue weighted by atomic mass is 16.5. The van der Waals surface area contributed by atoms with Crippen molar-refractivity contribution in [1.82, 2.24) is 4.98 Å². The van der Waals surface area contributed by atoms with Crippen molar-refractivity contribution in [3.8, 4) is 5.88 Å². The van der Waals surface area contributed by atoms with Crippen LogP contribution < -0.4 is 4.74 Å². The molecule has 76 valence electrons. The van der Waals surface area contributed by atoms with Crippen molar-refractivity contribution < 1.29 is 14.3 Å². The maximum atomic E-state index is 10.5. The molecule has 0 spiro atoms. The minimum absolute atomic E-state index is 0.462. The van der Waals surface area contributed by atoms with Gasteiger partial charge in [-0.05, 0) is 13.0 Å². The predicted octanol–water partition coefficient (Wildman–Crippen LogP) is 1.23. The van der Waals surface area contributed by atoms with Crippen molar-refractivity contribution >= 4 is 6.29 Å². The van der Waals surface area contributed by atoms with Crippen molar-refractivity contribution in [1.29, 1.82) is 0 Å². The molecule has 0 saturated carbocycles. The lowest BCUT2D eigenvalue weighted by Gasteiger charge is -2.05. The van der Waals surface area contributed by atoms with Gasteiger partial charge in [0.05, 0.1) is 12.3 Å². The van der Waals surface area contributed by atoms with Crippen LogP contribution in [0.25, 0.3) is 0 Å². The number of ether oxygens (including phenoxy) is 2. The van der Waals surface area contributed by atoms with Gasteiger partial charge in [-0.15, -0.1) is 0 Å². The molecule has 1 rings (SSSR count). The molecule has 0 aliphatic rings. The van der Waals surface area contributed by atoms with Crippen LogP contribution in [-0.4, -0.2) is 31.6 Å². The molecular formula is C10H13NO3. The fraction of sp³-hybridized carbons (Fsp3) is 0.400. The van der Waals surface area contributed by atoms with E-state index in [1.54, 1.807) is 26.2 Å². The largest absolute Gasteiger partial charge is 0.475 e. The van der Waals surface area contributed by atoms with Crippen molar-refractivity contribution in [3.05, 3.63) is 23.4 Å². The standard InChI is InChI=1S/C10H13NO3/c1-8-9(7-12)3-4-10(11-8)14-6-5-13-2/h3-4,7H,5-6H2,1-2H3. The number of aldehydes is 1. The minimum atomic E-state index is 0.462. The second kappa shape index (κ2) is 5.34. The van der Waals surface area contributed by atoms with E-state index in [1.807, 2.05) is 0 Å². The topological polar surface area (TPSA) is 48.4 Å². The second-order valence-corrected chi connectivity index (χ2v) is 2.78. The van der Waals surface area contributed by atoms with Crippen LogP contribution in [-0.2, 0) is 4.74 Å². The van der Waals surface area contributed by atoms with E-state index in [1.165, 1.54) is 0 Å². The molecule has 0 bridgehead atoms. The first-order valence-corrected chi connectivity index (χ1v) is 4.32. The number of aryl methyl sites for hydroxylation is 1. The van der Waals surface area contributed by atoms with Crippen molar-refractivity contribution in [2.45, 2.75) is 6.92 Å². The van der Waals surface area contributed by atoms with Gasteiger partial charge in [0, 0.05) is 18.7 Å². The summed E-state index contributed by atoms with van der Waals surface area (Å²) < 4.78 is 10.1. The van der Waals surface area contributed by atoms with Gasteiger partial charge < -0.3 is 9.47 Å². The Morgan fingerprint density at radius 1 is 1.43 bits per heavy atom. The number of nitrogens with zero attached hydrogens (tertiary/aromatic N) is 1. The second-order valence-electron chi connectivity index (χ2n) is 2.78. The third-order valence-electron chi connectivity index (χ3n) is 1.77. The Kier molecular flexibility index (Phi) is 4.07. The molecule has 0 aromatic carbocycles. The van der Waals surface area contributed by atoms with E-state index in [2.05, 4.69) is 4.98 Å². The lowest BCUT2D eigenvalue weighted by Crippen LogP contribution is -2.06. The highest BCUT2D eigenvalue weighted by Crippen LogP contribution is 2.10. The molecule has 1 aromatic heterocycles. The van der Waals surface area contributed by atoms with Gasteiger partial charge in [-0.1, -0.05) is 0 Å². The fourth-order valence-corrected chi connectivity index (χ4v) is 0.983. The molecule has 0 saturated heterocycles. The van der Waals surface area contributed by atoms with Gasteiger partial charge in [-0.25, -0.2) is 4.98 Å². The van der Waals surface area contributed by atoms with Crippen LogP contribution in [0.1, 0.15) is 16.1 Å². The lowest BCUT2D eigenvalue weighted by molar-refractivity contribution is 0.112. The zero-order valence-electron chi connectivity index (χ0n) is 8.32. The maximum Gasteiger partial charge on any atom is 0.213 e. The van der Waals surface area contributed by atoms with Gasteiger partial charge in [-0.3, -0.25) is 4.79 Å². The molecule has 14 heavy (non-hydrogen) atoms. The molecule has 0 radical (unpaired) electrons. The number of carbonyl (C=O) groups is 1. The normalized spacial score (nSPS) is 9.86. The molecule has 0 amide bonds. The molecular weight excluding hydrogens is 182 g/mol. The third kappa shape index (κ3) is 2.81. The number of hydrogen-bond donors (Lipinski definition) is 0. The summed E-state index contributed by atoms with van der Waals surface area (Å²) >= 11 is 0. The Morgan fingerprint density at radius 3 is 2.79 bits per heavy atom. The molecule has 1 heterocycles. The van der Waals surface area contributed by atoms with Gasteiger partial charge in [-0.2, -0.15) is 0 Å². The first kappa shape index (κ1) is 10.7. The van der Waals surface area contributed by atoms with Gasteiger partial charge >= 0.3 is 0 Å². The molecule has 0 aliphatic carbocycles. The van der Waals surface area contributed by atoms with Crippen LogP contribution in [0, 0.1) is 6.92 Å². The zero-order chi connectivity index (χ0) is 10.4. The fourth-order valence-electron chi connectivity index (χ4n) is 0.983. The van der Waals surface area contributed by atoms with Crippen molar-refractivity contribution in [2.24, 2.45) is 0 Å². The first-order valence-electron chi connectivity index (χ1n) is 4.32. The molecule has 0 atom stereocenters. The monoisotopic (exact) mass is 195 g/mol. The number of aromatic nitrogens is 1. The van der Waals surface area contributed by atoms with E-state index in [0.29, 0.717) is 30.4 Å². The highest BCUT2D eigenvalue weighted by molar-refractivity contribution is 5.76. The molecule has 1 aromatic rings. The summed E-state index contributed by atoms with van der Waals surface area (Å²) in [4.78, 5) is 14.6. The SMILES string of the molecule is COCCOc1ccc(C=O)c(C)n1. The number of rotatable bonds is 5. The highest BCUT2D eigenvalue weighted by Gasteiger charge is 2.00. The summed E-state index contributed by atoms with van der Waals surface area (Å²) in [6.07, 6.45) is 0.779. The third-order valence-corrected chi connectivity index (χ3v) is 1.77. The Morgan fingerprint density at radius 2 is 2.21 bits per heavy atom. The number of methoxy groups -OCH3 is 1. The van der Waals surface area contributed by atoms with E-state index < -0.39 is 0 Å². The summed E-state index contributed by atoms with van der Waals surface area (Å²) in [5.41, 5.74) is 1.26. The van der Waals surface area contributed by atoms with Crippen LogP contribution in [0.2, 0.25) is 0 Å². The minimum Gasteiger partial charge on any atom is -0.475 e. The van der Waals surface area contributed by atoms with Crippen LogP contribution in [0.3, 0.4) is 0 Å². The van der Waals surface area contributed by atoms with Crippen molar-refractivity contribution in [3.63, 3.8) is 0 Å². The zero-order valence-corrected chi connectivity index (χ0v) is 8.32. The lowest BCUT2D eigenvalue weighted by atomic mass is 10.2. The number of pyridine rings is 1. The Labute approximate surface area is 82.9 Å². The molecule has 0 aliphatic heterocycles. The van der Waals surface area contributed by atoms with Gasteiger partial charge in [0.15, 0.2) is 6.29 Å². The van der Waals surface area contributed by atoms with Gasteiger partial charge in [0.2, 0.25) is 5.88 Å².